The number of aromatic nitrogens is 2. The molecule has 0 aliphatic heterocycles. The Bertz CT molecular complexity index is 780. The Balaban J connectivity index is 1.83. The van der Waals surface area contributed by atoms with Gasteiger partial charge in [-0.1, -0.05) is 42.5 Å². The number of nitrogens with one attached hydrogen (secondary N) is 1. The highest BCUT2D eigenvalue weighted by Crippen LogP contribution is 2.41. The van der Waals surface area contributed by atoms with Crippen molar-refractivity contribution in [2.45, 2.75) is 24.5 Å². The molecule has 1 fully saturated rings. The van der Waals surface area contributed by atoms with E-state index in [4.69, 9.17) is 0 Å². The van der Waals surface area contributed by atoms with E-state index in [2.05, 4.69) is 27.4 Å². The number of hydrogen-bond donors (Lipinski definition) is 2. The maximum Gasteiger partial charge on any atom is 0.137 e. The summed E-state index contributed by atoms with van der Waals surface area (Å²) in [5, 5.41) is 15.7. The summed E-state index contributed by atoms with van der Waals surface area (Å²) in [6, 6.07) is 17.4. The maximum atomic E-state index is 12.1. The molecule has 4 rings (SSSR count). The Morgan fingerprint density at radius 3 is 2.04 bits per heavy atom. The lowest BCUT2D eigenvalue weighted by atomic mass is 9.78. The molecule has 2 aromatic heterocycles. The number of hydrogen-bond acceptors (Lipinski definition) is 4. The SMILES string of the molecule is OC(c1cccnc1)(c1cccnc1)C(NCC1CC1)c1ccccc1. The van der Waals surface area contributed by atoms with E-state index < -0.39 is 5.60 Å². The monoisotopic (exact) mass is 345 g/mol. The van der Waals surface area contributed by atoms with Gasteiger partial charge in [0.05, 0.1) is 6.04 Å². The van der Waals surface area contributed by atoms with Crippen molar-refractivity contribution in [1.82, 2.24) is 15.3 Å². The summed E-state index contributed by atoms with van der Waals surface area (Å²) in [6.45, 7) is 0.891. The first-order chi connectivity index (χ1) is 12.8. The minimum atomic E-state index is -1.27. The van der Waals surface area contributed by atoms with Crippen LogP contribution in [0.1, 0.15) is 35.6 Å². The molecule has 0 saturated heterocycles. The fraction of sp³-hybridized carbons (Fsp3) is 0.273. The third-order valence-corrected chi connectivity index (χ3v) is 5.06. The zero-order chi connectivity index (χ0) is 17.8. The summed E-state index contributed by atoms with van der Waals surface area (Å²) in [6.07, 6.45) is 9.44. The molecule has 1 aliphatic rings. The van der Waals surface area contributed by atoms with Gasteiger partial charge in [-0.2, -0.15) is 0 Å². The average Bonchev–Trinajstić information content (AvgIpc) is 3.54. The van der Waals surface area contributed by atoms with Crippen LogP contribution in [0.4, 0.5) is 0 Å². The zero-order valence-electron chi connectivity index (χ0n) is 14.6. The van der Waals surface area contributed by atoms with Crippen LogP contribution >= 0.6 is 0 Å². The summed E-state index contributed by atoms with van der Waals surface area (Å²) >= 11 is 0. The highest BCUT2D eigenvalue weighted by Gasteiger charge is 2.42. The summed E-state index contributed by atoms with van der Waals surface area (Å²) in [4.78, 5) is 8.50. The van der Waals surface area contributed by atoms with Crippen LogP contribution in [0.3, 0.4) is 0 Å². The summed E-state index contributed by atoms with van der Waals surface area (Å²) in [5.41, 5.74) is 1.29. The molecular formula is C22H23N3O. The van der Waals surface area contributed by atoms with Gasteiger partial charge in [0.1, 0.15) is 5.60 Å². The van der Waals surface area contributed by atoms with E-state index in [0.717, 1.165) is 23.2 Å². The van der Waals surface area contributed by atoms with Crippen molar-refractivity contribution in [3.8, 4) is 0 Å². The molecule has 1 saturated carbocycles. The standard InChI is InChI=1S/C22H23N3O/c26-22(19-8-4-12-23-15-19,20-9-5-13-24-16-20)21(25-14-17-10-11-17)18-6-2-1-3-7-18/h1-9,12-13,15-17,21,25-26H,10-11,14H2. The smallest absolute Gasteiger partial charge is 0.137 e. The second-order valence-electron chi connectivity index (χ2n) is 6.95. The highest BCUT2D eigenvalue weighted by atomic mass is 16.3. The summed E-state index contributed by atoms with van der Waals surface area (Å²) < 4.78 is 0. The van der Waals surface area contributed by atoms with Crippen molar-refractivity contribution in [2.24, 2.45) is 5.92 Å². The minimum Gasteiger partial charge on any atom is -0.378 e. The van der Waals surface area contributed by atoms with Gasteiger partial charge >= 0.3 is 0 Å². The molecule has 0 spiro atoms. The number of nitrogens with zero attached hydrogens (tertiary/aromatic N) is 2. The van der Waals surface area contributed by atoms with Crippen LogP contribution in [0.5, 0.6) is 0 Å². The summed E-state index contributed by atoms with van der Waals surface area (Å²) in [7, 11) is 0. The highest BCUT2D eigenvalue weighted by molar-refractivity contribution is 5.39. The number of pyridine rings is 2. The van der Waals surface area contributed by atoms with Crippen molar-refractivity contribution < 1.29 is 5.11 Å². The second kappa shape index (κ2) is 7.36. The molecule has 132 valence electrons. The molecular weight excluding hydrogens is 322 g/mol. The first kappa shape index (κ1) is 16.9. The van der Waals surface area contributed by atoms with Crippen LogP contribution in [0.2, 0.25) is 0 Å². The lowest BCUT2D eigenvalue weighted by Gasteiger charge is -2.38. The number of aliphatic hydroxyl groups is 1. The van der Waals surface area contributed by atoms with Crippen LogP contribution in [-0.2, 0) is 5.60 Å². The molecule has 0 bridgehead atoms. The predicted molar refractivity (Wildman–Crippen MR) is 101 cm³/mol. The maximum absolute atomic E-state index is 12.1. The minimum absolute atomic E-state index is 0.294. The van der Waals surface area contributed by atoms with E-state index in [-0.39, 0.29) is 6.04 Å². The van der Waals surface area contributed by atoms with Gasteiger partial charge in [-0.25, -0.2) is 0 Å². The van der Waals surface area contributed by atoms with Gasteiger partial charge in [-0.3, -0.25) is 9.97 Å². The average molecular weight is 345 g/mol. The van der Waals surface area contributed by atoms with Gasteiger partial charge in [0.25, 0.3) is 0 Å². The zero-order valence-corrected chi connectivity index (χ0v) is 14.6. The fourth-order valence-corrected chi connectivity index (χ4v) is 3.44. The van der Waals surface area contributed by atoms with Crippen LogP contribution in [0.25, 0.3) is 0 Å². The molecule has 2 heterocycles. The van der Waals surface area contributed by atoms with Crippen molar-refractivity contribution in [3.63, 3.8) is 0 Å². The Hall–Kier alpha value is -2.56. The van der Waals surface area contributed by atoms with Crippen molar-refractivity contribution >= 4 is 0 Å². The van der Waals surface area contributed by atoms with Crippen molar-refractivity contribution in [1.29, 1.82) is 0 Å². The lowest BCUT2D eigenvalue weighted by molar-refractivity contribution is 0.0352. The molecule has 3 aromatic rings. The van der Waals surface area contributed by atoms with Gasteiger partial charge in [0.2, 0.25) is 0 Å². The second-order valence-corrected chi connectivity index (χ2v) is 6.95. The van der Waals surface area contributed by atoms with Gasteiger partial charge in [0, 0.05) is 35.9 Å². The first-order valence-corrected chi connectivity index (χ1v) is 9.10. The van der Waals surface area contributed by atoms with Crippen molar-refractivity contribution in [3.05, 3.63) is 96.1 Å². The predicted octanol–water partition coefficient (Wildman–Crippen LogP) is 3.45. The third-order valence-electron chi connectivity index (χ3n) is 5.06. The number of rotatable bonds is 7. The molecule has 26 heavy (non-hydrogen) atoms. The van der Waals surface area contributed by atoms with Crippen LogP contribution in [0.15, 0.2) is 79.4 Å². The van der Waals surface area contributed by atoms with Gasteiger partial charge in [-0.05, 0) is 43.0 Å². The van der Waals surface area contributed by atoms with Crippen LogP contribution < -0.4 is 5.32 Å². The first-order valence-electron chi connectivity index (χ1n) is 9.10. The molecule has 0 radical (unpaired) electrons. The van der Waals surface area contributed by atoms with E-state index in [1.54, 1.807) is 24.8 Å². The molecule has 1 aliphatic carbocycles. The summed E-state index contributed by atoms with van der Waals surface area (Å²) in [5.74, 6) is 0.702. The van der Waals surface area contributed by atoms with E-state index >= 15 is 0 Å². The van der Waals surface area contributed by atoms with Gasteiger partial charge in [-0.15, -0.1) is 0 Å². The van der Waals surface area contributed by atoms with E-state index in [0.29, 0.717) is 5.92 Å². The number of benzene rings is 1. The molecule has 1 atom stereocenters. The van der Waals surface area contributed by atoms with Crippen molar-refractivity contribution in [2.75, 3.05) is 6.54 Å². The molecule has 1 unspecified atom stereocenters. The van der Waals surface area contributed by atoms with E-state index in [1.807, 2.05) is 42.5 Å². The Morgan fingerprint density at radius 2 is 1.54 bits per heavy atom. The lowest BCUT2D eigenvalue weighted by Crippen LogP contribution is -2.43. The van der Waals surface area contributed by atoms with Crippen LogP contribution in [-0.4, -0.2) is 21.6 Å². The van der Waals surface area contributed by atoms with Gasteiger partial charge < -0.3 is 10.4 Å². The Kier molecular flexibility index (Phi) is 4.78. The normalized spacial score (nSPS) is 15.6. The molecule has 2 N–H and O–H groups in total. The Morgan fingerprint density at radius 1 is 0.923 bits per heavy atom. The van der Waals surface area contributed by atoms with Gasteiger partial charge in [0.15, 0.2) is 0 Å². The van der Waals surface area contributed by atoms with E-state index in [1.165, 1.54) is 12.8 Å². The van der Waals surface area contributed by atoms with Crippen LogP contribution in [0, 0.1) is 5.92 Å². The molecule has 4 heteroatoms. The Labute approximate surface area is 154 Å². The molecule has 4 nitrogen and oxygen atoms in total. The molecule has 1 aromatic carbocycles. The topological polar surface area (TPSA) is 58.0 Å². The quantitative estimate of drug-likeness (QED) is 0.689. The fourth-order valence-electron chi connectivity index (χ4n) is 3.44. The largest absolute Gasteiger partial charge is 0.378 e. The molecule has 0 amide bonds. The van der Waals surface area contributed by atoms with E-state index in [9.17, 15) is 5.11 Å². The third kappa shape index (κ3) is 3.39.